The lowest BCUT2D eigenvalue weighted by Gasteiger charge is -2.12. The first-order chi connectivity index (χ1) is 10.1. The molecule has 6 heteroatoms. The molecule has 1 atom stereocenters. The van der Waals surface area contributed by atoms with Gasteiger partial charge in [-0.25, -0.2) is 4.79 Å². The summed E-state index contributed by atoms with van der Waals surface area (Å²) in [5, 5.41) is 11.5. The van der Waals surface area contributed by atoms with Gasteiger partial charge in [-0.1, -0.05) is 12.1 Å². The van der Waals surface area contributed by atoms with Crippen molar-refractivity contribution in [2.24, 2.45) is 0 Å². The number of carbonyl (C=O) groups is 2. The molecular formula is C15H15NO4S. The van der Waals surface area contributed by atoms with E-state index in [9.17, 15) is 9.59 Å². The second kappa shape index (κ2) is 6.99. The van der Waals surface area contributed by atoms with Gasteiger partial charge in [0, 0.05) is 4.90 Å². The third-order valence-corrected chi connectivity index (χ3v) is 3.98. The summed E-state index contributed by atoms with van der Waals surface area (Å²) in [5.41, 5.74) is 0.202. The highest BCUT2D eigenvalue weighted by atomic mass is 32.2. The summed E-state index contributed by atoms with van der Waals surface area (Å²) in [6.07, 6.45) is 1.54. The highest BCUT2D eigenvalue weighted by Crippen LogP contribution is 2.27. The summed E-state index contributed by atoms with van der Waals surface area (Å²) >= 11 is 1.22. The van der Waals surface area contributed by atoms with Crippen LogP contribution in [0, 0.1) is 0 Å². The maximum Gasteiger partial charge on any atom is 0.336 e. The first-order valence-electron chi connectivity index (χ1n) is 6.37. The second-order valence-electron chi connectivity index (χ2n) is 4.36. The van der Waals surface area contributed by atoms with Crippen LogP contribution in [-0.4, -0.2) is 22.2 Å². The molecule has 21 heavy (non-hydrogen) atoms. The van der Waals surface area contributed by atoms with Gasteiger partial charge in [0.15, 0.2) is 0 Å². The van der Waals surface area contributed by atoms with Gasteiger partial charge in [-0.15, -0.1) is 11.8 Å². The van der Waals surface area contributed by atoms with Crippen molar-refractivity contribution in [2.75, 3.05) is 0 Å². The number of benzene rings is 1. The zero-order valence-electron chi connectivity index (χ0n) is 11.4. The van der Waals surface area contributed by atoms with Crippen LogP contribution in [0.2, 0.25) is 0 Å². The Morgan fingerprint density at radius 2 is 2.05 bits per heavy atom. The number of aromatic carboxylic acids is 1. The molecule has 0 aliphatic carbocycles. The van der Waals surface area contributed by atoms with Crippen molar-refractivity contribution in [3.05, 3.63) is 54.0 Å². The zero-order valence-corrected chi connectivity index (χ0v) is 12.2. The van der Waals surface area contributed by atoms with E-state index in [4.69, 9.17) is 9.52 Å². The first-order valence-corrected chi connectivity index (χ1v) is 7.25. The molecule has 2 N–H and O–H groups in total. The molecule has 0 radical (unpaired) electrons. The van der Waals surface area contributed by atoms with Crippen LogP contribution in [0.4, 0.5) is 0 Å². The Labute approximate surface area is 126 Å². The third kappa shape index (κ3) is 4.13. The van der Waals surface area contributed by atoms with Crippen LogP contribution >= 0.6 is 11.8 Å². The van der Waals surface area contributed by atoms with Gasteiger partial charge in [0.05, 0.1) is 23.6 Å². The maximum absolute atomic E-state index is 12.0. The Kier molecular flexibility index (Phi) is 5.05. The molecule has 1 unspecified atom stereocenters. The van der Waals surface area contributed by atoms with E-state index in [0.29, 0.717) is 17.2 Å². The van der Waals surface area contributed by atoms with Crippen LogP contribution < -0.4 is 5.32 Å². The Morgan fingerprint density at radius 1 is 1.29 bits per heavy atom. The van der Waals surface area contributed by atoms with E-state index >= 15 is 0 Å². The Morgan fingerprint density at radius 3 is 2.71 bits per heavy atom. The Balaban J connectivity index is 1.96. The van der Waals surface area contributed by atoms with Crippen LogP contribution in [0.1, 0.15) is 23.0 Å². The number of furan rings is 1. The molecule has 0 bridgehead atoms. The van der Waals surface area contributed by atoms with Gasteiger partial charge in [0.25, 0.3) is 0 Å². The molecule has 0 saturated heterocycles. The minimum atomic E-state index is -0.999. The summed E-state index contributed by atoms with van der Waals surface area (Å²) < 4.78 is 5.13. The zero-order chi connectivity index (χ0) is 15.2. The molecule has 0 fully saturated rings. The number of carboxylic acids is 1. The molecule has 0 aliphatic heterocycles. The predicted molar refractivity (Wildman–Crippen MR) is 79.3 cm³/mol. The molecule has 1 aromatic heterocycles. The van der Waals surface area contributed by atoms with Crippen molar-refractivity contribution in [2.45, 2.75) is 23.6 Å². The maximum atomic E-state index is 12.0. The SMILES string of the molecule is CC(Sc1ccccc1C(=O)O)C(=O)NCc1ccco1. The molecule has 1 aromatic carbocycles. The van der Waals surface area contributed by atoms with Crippen molar-refractivity contribution >= 4 is 23.6 Å². The second-order valence-corrected chi connectivity index (χ2v) is 5.74. The smallest absolute Gasteiger partial charge is 0.336 e. The molecule has 5 nitrogen and oxygen atoms in total. The summed E-state index contributed by atoms with van der Waals surface area (Å²) in [7, 11) is 0. The number of rotatable bonds is 6. The number of thioether (sulfide) groups is 1. The van der Waals surface area contributed by atoms with Gasteiger partial charge in [-0.2, -0.15) is 0 Å². The normalized spacial score (nSPS) is 11.9. The first kappa shape index (κ1) is 15.2. The molecule has 2 rings (SSSR count). The van der Waals surface area contributed by atoms with Crippen molar-refractivity contribution < 1.29 is 19.1 Å². The standard InChI is InChI=1S/C15H15NO4S/c1-10(14(17)16-9-11-5-4-8-20-11)21-13-7-3-2-6-12(13)15(18)19/h2-8,10H,9H2,1H3,(H,16,17)(H,18,19). The van der Waals surface area contributed by atoms with Crippen molar-refractivity contribution in [3.63, 3.8) is 0 Å². The van der Waals surface area contributed by atoms with Crippen molar-refractivity contribution in [3.8, 4) is 0 Å². The third-order valence-electron chi connectivity index (χ3n) is 2.81. The lowest BCUT2D eigenvalue weighted by Crippen LogP contribution is -2.30. The average Bonchev–Trinajstić information content (AvgIpc) is 2.98. The molecule has 2 aromatic rings. The number of amides is 1. The Hall–Kier alpha value is -2.21. The fourth-order valence-corrected chi connectivity index (χ4v) is 2.73. The van der Waals surface area contributed by atoms with E-state index in [0.717, 1.165) is 0 Å². The number of nitrogens with one attached hydrogen (secondary N) is 1. The summed E-state index contributed by atoms with van der Waals surface area (Å²) in [6.45, 7) is 2.05. The van der Waals surface area contributed by atoms with E-state index in [1.807, 2.05) is 0 Å². The van der Waals surface area contributed by atoms with Gasteiger partial charge < -0.3 is 14.8 Å². The van der Waals surface area contributed by atoms with Gasteiger partial charge in [0.2, 0.25) is 5.91 Å². The van der Waals surface area contributed by atoms with Gasteiger partial charge in [-0.05, 0) is 31.2 Å². The lowest BCUT2D eigenvalue weighted by molar-refractivity contribution is -0.120. The molecule has 0 aliphatic rings. The monoisotopic (exact) mass is 305 g/mol. The van der Waals surface area contributed by atoms with Crippen LogP contribution in [0.3, 0.4) is 0 Å². The number of hydrogen-bond donors (Lipinski definition) is 2. The summed E-state index contributed by atoms with van der Waals surface area (Å²) in [4.78, 5) is 23.7. The fraction of sp³-hybridized carbons (Fsp3) is 0.200. The predicted octanol–water partition coefficient (Wildman–Crippen LogP) is 2.77. The average molecular weight is 305 g/mol. The quantitative estimate of drug-likeness (QED) is 0.802. The molecule has 0 saturated carbocycles. The topological polar surface area (TPSA) is 79.5 Å². The highest BCUT2D eigenvalue weighted by Gasteiger charge is 2.18. The largest absolute Gasteiger partial charge is 0.478 e. The van der Waals surface area contributed by atoms with Crippen LogP contribution in [-0.2, 0) is 11.3 Å². The van der Waals surface area contributed by atoms with E-state index < -0.39 is 11.2 Å². The van der Waals surface area contributed by atoms with Gasteiger partial charge >= 0.3 is 5.97 Å². The van der Waals surface area contributed by atoms with Crippen molar-refractivity contribution in [1.29, 1.82) is 0 Å². The molecular weight excluding hydrogens is 290 g/mol. The molecule has 110 valence electrons. The highest BCUT2D eigenvalue weighted by molar-refractivity contribution is 8.00. The molecule has 0 spiro atoms. The molecule has 1 heterocycles. The fourth-order valence-electron chi connectivity index (χ4n) is 1.72. The van der Waals surface area contributed by atoms with Crippen molar-refractivity contribution in [1.82, 2.24) is 5.32 Å². The lowest BCUT2D eigenvalue weighted by atomic mass is 10.2. The number of carbonyl (C=O) groups excluding carboxylic acids is 1. The minimum absolute atomic E-state index is 0.170. The summed E-state index contributed by atoms with van der Waals surface area (Å²) in [6, 6.07) is 10.2. The minimum Gasteiger partial charge on any atom is -0.478 e. The van der Waals surface area contributed by atoms with Crippen LogP contribution in [0.25, 0.3) is 0 Å². The van der Waals surface area contributed by atoms with E-state index in [1.54, 1.807) is 43.5 Å². The number of carboxylic acid groups (broad SMARTS) is 1. The van der Waals surface area contributed by atoms with Gasteiger partial charge in [-0.3, -0.25) is 4.79 Å². The Bertz CT molecular complexity index is 624. The molecule has 1 amide bonds. The van der Waals surface area contributed by atoms with Gasteiger partial charge in [0.1, 0.15) is 5.76 Å². The van der Waals surface area contributed by atoms with Crippen LogP contribution in [0.5, 0.6) is 0 Å². The van der Waals surface area contributed by atoms with E-state index in [2.05, 4.69) is 5.32 Å². The summed E-state index contributed by atoms with van der Waals surface area (Å²) in [5.74, 6) is -0.496. The van der Waals surface area contributed by atoms with E-state index in [-0.39, 0.29) is 11.5 Å². The number of hydrogen-bond acceptors (Lipinski definition) is 4. The van der Waals surface area contributed by atoms with E-state index in [1.165, 1.54) is 17.8 Å². The van der Waals surface area contributed by atoms with Crippen LogP contribution in [0.15, 0.2) is 52.0 Å².